The molecule has 2 aromatic carbocycles. The van der Waals surface area contributed by atoms with Crippen LogP contribution in [0.4, 0.5) is 5.82 Å². The third kappa shape index (κ3) is 7.42. The Morgan fingerprint density at radius 2 is 1.78 bits per heavy atom. The zero-order chi connectivity index (χ0) is 29.7. The van der Waals surface area contributed by atoms with Crippen LogP contribution >= 0.6 is 7.75 Å². The maximum Gasteiger partial charge on any atom is 0.459 e. The number of ether oxygens (including phenoxy) is 2. The van der Waals surface area contributed by atoms with Crippen LogP contribution in [0.5, 0.6) is 5.75 Å². The lowest BCUT2D eigenvalue weighted by Gasteiger charge is -2.26. The van der Waals surface area contributed by atoms with Gasteiger partial charge in [0.2, 0.25) is 0 Å². The minimum Gasteiger partial charge on any atom is -0.462 e. The summed E-state index contributed by atoms with van der Waals surface area (Å²) in [4.78, 5) is 21.8. The number of nitrogens with zero attached hydrogens (tertiary/aromatic N) is 3. The van der Waals surface area contributed by atoms with Gasteiger partial charge >= 0.3 is 13.7 Å². The number of hydrogen-bond acceptors (Lipinski definition) is 9. The van der Waals surface area contributed by atoms with E-state index in [1.54, 1.807) is 39.8 Å². The molecule has 0 spiro atoms. The van der Waals surface area contributed by atoms with Gasteiger partial charge in [-0.2, -0.15) is 5.09 Å². The van der Waals surface area contributed by atoms with E-state index in [0.717, 1.165) is 22.0 Å². The molecule has 3 N–H and O–H groups in total. The molecule has 3 atom stereocenters. The van der Waals surface area contributed by atoms with E-state index in [0.29, 0.717) is 29.5 Å². The van der Waals surface area contributed by atoms with Gasteiger partial charge in [-0.1, -0.05) is 35.9 Å². The van der Waals surface area contributed by atoms with Crippen molar-refractivity contribution in [2.75, 3.05) is 12.3 Å². The van der Waals surface area contributed by atoms with Gasteiger partial charge in [0.15, 0.2) is 5.82 Å². The van der Waals surface area contributed by atoms with Gasteiger partial charge in [-0.25, -0.2) is 14.5 Å². The third-order valence-electron chi connectivity index (χ3n) is 6.19. The van der Waals surface area contributed by atoms with Crippen LogP contribution in [0.3, 0.4) is 0 Å². The van der Waals surface area contributed by atoms with Crippen LogP contribution in [0.2, 0.25) is 0 Å². The Morgan fingerprint density at radius 1 is 1.07 bits per heavy atom. The van der Waals surface area contributed by atoms with Gasteiger partial charge < -0.3 is 24.3 Å². The van der Waals surface area contributed by atoms with Crippen molar-refractivity contribution in [2.45, 2.75) is 72.9 Å². The van der Waals surface area contributed by atoms with Crippen LogP contribution < -0.4 is 15.3 Å². The van der Waals surface area contributed by atoms with Crippen molar-refractivity contribution in [3.05, 3.63) is 59.9 Å². The van der Waals surface area contributed by atoms with E-state index in [1.165, 1.54) is 0 Å². The highest BCUT2D eigenvalue weighted by Crippen LogP contribution is 2.46. The summed E-state index contributed by atoms with van der Waals surface area (Å²) in [6, 6.07) is 13.7. The molecular formula is C29H38N5O6P. The third-order valence-corrected chi connectivity index (χ3v) is 7.98. The molecule has 0 radical (unpaired) electrons. The first-order chi connectivity index (χ1) is 19.5. The second-order valence-corrected chi connectivity index (χ2v) is 11.8. The molecule has 0 saturated heterocycles. The van der Waals surface area contributed by atoms with Crippen LogP contribution in [-0.2, 0) is 36.5 Å². The SMILES string of the molecule is CCOCc1nc2c(N)nc3ccccc3c2n1C[C@@H](C)OP(=O)(N[C@@H](C)C(=O)OC(C)C)Oc1ccc(C)cc1. The first kappa shape index (κ1) is 30.5. The highest BCUT2D eigenvalue weighted by molar-refractivity contribution is 7.52. The molecule has 0 bridgehead atoms. The molecule has 0 aliphatic rings. The van der Waals surface area contributed by atoms with Crippen LogP contribution in [-0.4, -0.2) is 45.4 Å². The summed E-state index contributed by atoms with van der Waals surface area (Å²) in [5, 5.41) is 3.62. The first-order valence-electron chi connectivity index (χ1n) is 13.6. The summed E-state index contributed by atoms with van der Waals surface area (Å²) in [6.45, 7) is 11.6. The number of benzene rings is 2. The van der Waals surface area contributed by atoms with Crippen molar-refractivity contribution in [3.8, 4) is 5.75 Å². The van der Waals surface area contributed by atoms with Crippen molar-refractivity contribution in [3.63, 3.8) is 0 Å². The monoisotopic (exact) mass is 583 g/mol. The Bertz CT molecular complexity index is 1560. The Balaban J connectivity index is 1.68. The molecular weight excluding hydrogens is 545 g/mol. The van der Waals surface area contributed by atoms with E-state index < -0.39 is 25.9 Å². The van der Waals surface area contributed by atoms with E-state index in [2.05, 4.69) is 10.1 Å². The number of para-hydroxylation sites is 1. The van der Waals surface area contributed by atoms with Crippen molar-refractivity contribution >= 4 is 41.5 Å². The lowest BCUT2D eigenvalue weighted by atomic mass is 10.2. The second kappa shape index (κ2) is 13.0. The molecule has 0 aliphatic carbocycles. The molecule has 1 unspecified atom stereocenters. The smallest absolute Gasteiger partial charge is 0.459 e. The summed E-state index contributed by atoms with van der Waals surface area (Å²) in [7, 11) is -4.09. The molecule has 12 heteroatoms. The number of rotatable bonds is 13. The molecule has 4 aromatic rings. The number of nitrogen functional groups attached to an aromatic ring is 1. The van der Waals surface area contributed by atoms with Gasteiger partial charge in [-0.05, 0) is 59.7 Å². The number of pyridine rings is 1. The standard InChI is InChI=1S/C29H38N5O6P/c1-7-37-17-25-32-26-27(23-10-8-9-11-24(23)31-28(26)30)34(25)16-20(5)39-41(36,33-21(6)29(35)38-18(2)3)40-22-14-12-19(4)13-15-22/h8-15,18,20-21H,7,16-17H2,1-6H3,(H2,30,31)(H,33,36)/t20-,21+,41?/m1/s1. The molecule has 2 aromatic heterocycles. The Hall–Kier alpha value is -3.50. The van der Waals surface area contributed by atoms with Gasteiger partial charge in [0.05, 0.1) is 29.8 Å². The van der Waals surface area contributed by atoms with Gasteiger partial charge in [0.1, 0.15) is 29.7 Å². The number of carbonyl (C=O) groups is 1. The fourth-order valence-corrected chi connectivity index (χ4v) is 6.05. The van der Waals surface area contributed by atoms with Crippen LogP contribution in [0.1, 0.15) is 46.0 Å². The first-order valence-corrected chi connectivity index (χ1v) is 15.2. The molecule has 4 rings (SSSR count). The lowest BCUT2D eigenvalue weighted by molar-refractivity contribution is -0.149. The molecule has 0 amide bonds. The highest BCUT2D eigenvalue weighted by Gasteiger charge is 2.35. The molecule has 2 heterocycles. The van der Waals surface area contributed by atoms with Crippen LogP contribution in [0.25, 0.3) is 21.9 Å². The van der Waals surface area contributed by atoms with Gasteiger partial charge in [0.25, 0.3) is 0 Å². The molecule has 0 fully saturated rings. The van der Waals surface area contributed by atoms with Crippen molar-refractivity contribution in [1.82, 2.24) is 19.6 Å². The van der Waals surface area contributed by atoms with Gasteiger partial charge in [0, 0.05) is 12.0 Å². The lowest BCUT2D eigenvalue weighted by Crippen LogP contribution is -2.37. The maximum atomic E-state index is 14.2. The number of aryl methyl sites for hydroxylation is 1. The molecule has 11 nitrogen and oxygen atoms in total. The number of fused-ring (bicyclic) bond motifs is 3. The number of aromatic nitrogens is 3. The number of carbonyl (C=O) groups excluding carboxylic acids is 1. The quantitative estimate of drug-likeness (QED) is 0.152. The predicted molar refractivity (Wildman–Crippen MR) is 159 cm³/mol. The number of esters is 1. The number of nitrogens with one attached hydrogen (secondary N) is 1. The van der Waals surface area contributed by atoms with E-state index in [1.807, 2.05) is 54.8 Å². The Labute approximate surface area is 239 Å². The summed E-state index contributed by atoms with van der Waals surface area (Å²) in [6.07, 6.45) is -1.00. The van der Waals surface area contributed by atoms with Crippen LogP contribution in [0.15, 0.2) is 48.5 Å². The molecule has 0 saturated carbocycles. The van der Waals surface area contributed by atoms with E-state index >= 15 is 0 Å². The summed E-state index contributed by atoms with van der Waals surface area (Å²) >= 11 is 0. The zero-order valence-corrected chi connectivity index (χ0v) is 25.2. The van der Waals surface area contributed by atoms with E-state index in [4.69, 9.17) is 29.2 Å². The van der Waals surface area contributed by atoms with Gasteiger partial charge in [-0.15, -0.1) is 0 Å². The van der Waals surface area contributed by atoms with E-state index in [9.17, 15) is 9.36 Å². The van der Waals surface area contributed by atoms with Crippen LogP contribution in [0, 0.1) is 6.92 Å². The topological polar surface area (TPSA) is 140 Å². The Kier molecular flexibility index (Phi) is 9.65. The number of nitrogens with two attached hydrogens (primary N) is 1. The second-order valence-electron chi connectivity index (χ2n) is 10.1. The fraction of sp³-hybridized carbons (Fsp3) is 0.414. The zero-order valence-electron chi connectivity index (χ0n) is 24.3. The number of imidazole rings is 1. The molecule has 0 aliphatic heterocycles. The van der Waals surface area contributed by atoms with Gasteiger partial charge in [-0.3, -0.25) is 9.32 Å². The van der Waals surface area contributed by atoms with Crippen molar-refractivity contribution in [2.24, 2.45) is 0 Å². The Morgan fingerprint density at radius 3 is 2.46 bits per heavy atom. The van der Waals surface area contributed by atoms with Crippen molar-refractivity contribution < 1.29 is 27.9 Å². The highest BCUT2D eigenvalue weighted by atomic mass is 31.2. The summed E-state index contributed by atoms with van der Waals surface area (Å²) in [5.74, 6) is 0.686. The largest absolute Gasteiger partial charge is 0.462 e. The number of hydrogen-bond donors (Lipinski definition) is 2. The summed E-state index contributed by atoms with van der Waals surface area (Å²) < 4.78 is 39.1. The fourth-order valence-electron chi connectivity index (χ4n) is 4.37. The van der Waals surface area contributed by atoms with E-state index in [-0.39, 0.29) is 19.3 Å². The normalized spacial score (nSPS) is 14.7. The average Bonchev–Trinajstić information content (AvgIpc) is 3.26. The minimum absolute atomic E-state index is 0.236. The number of anilines is 1. The predicted octanol–water partition coefficient (Wildman–Crippen LogP) is 5.53. The minimum atomic E-state index is -4.09. The average molecular weight is 584 g/mol. The molecule has 220 valence electrons. The summed E-state index contributed by atoms with van der Waals surface area (Å²) in [5.41, 5.74) is 9.36. The molecule has 41 heavy (non-hydrogen) atoms. The van der Waals surface area contributed by atoms with Crippen molar-refractivity contribution in [1.29, 1.82) is 0 Å². The maximum absolute atomic E-state index is 14.2.